The second-order valence-electron chi connectivity index (χ2n) is 5.08. The zero-order chi connectivity index (χ0) is 12.0. The van der Waals surface area contributed by atoms with E-state index in [0.29, 0.717) is 12.6 Å². The zero-order valence-corrected chi connectivity index (χ0v) is 10.7. The van der Waals surface area contributed by atoms with Gasteiger partial charge in [0.05, 0.1) is 6.20 Å². The Morgan fingerprint density at radius 3 is 2.75 bits per heavy atom. The number of rotatable bonds is 5. The van der Waals surface area contributed by atoms with Gasteiger partial charge in [-0.3, -0.25) is 4.98 Å². The predicted molar refractivity (Wildman–Crippen MR) is 66.7 cm³/mol. The average Bonchev–Trinajstić information content (AvgIpc) is 2.24. The predicted octanol–water partition coefficient (Wildman–Crippen LogP) is 2.48. The second-order valence-corrected chi connectivity index (χ2v) is 5.08. The number of hydrogen-bond donors (Lipinski definition) is 1. The largest absolute Gasteiger partial charge is 0.491 e. The van der Waals surface area contributed by atoms with Gasteiger partial charge in [-0.05, 0) is 24.5 Å². The van der Waals surface area contributed by atoms with E-state index >= 15 is 0 Å². The van der Waals surface area contributed by atoms with Gasteiger partial charge in [0.15, 0.2) is 0 Å². The van der Waals surface area contributed by atoms with Crippen LogP contribution in [0.4, 0.5) is 0 Å². The summed E-state index contributed by atoms with van der Waals surface area (Å²) in [6.07, 6.45) is 3.47. The Hall–Kier alpha value is -1.09. The molecule has 1 aromatic heterocycles. The van der Waals surface area contributed by atoms with Gasteiger partial charge < -0.3 is 10.1 Å². The van der Waals surface area contributed by atoms with Crippen molar-refractivity contribution in [2.45, 2.75) is 33.7 Å². The Morgan fingerprint density at radius 1 is 1.44 bits per heavy atom. The molecule has 0 saturated carbocycles. The van der Waals surface area contributed by atoms with E-state index in [1.165, 1.54) is 0 Å². The van der Waals surface area contributed by atoms with Crippen LogP contribution < -0.4 is 10.1 Å². The number of aromatic nitrogens is 1. The fourth-order valence-corrected chi connectivity index (χ4v) is 1.18. The summed E-state index contributed by atoms with van der Waals surface area (Å²) in [5.74, 6) is 0.827. The zero-order valence-electron chi connectivity index (χ0n) is 10.7. The third-order valence-electron chi connectivity index (χ3n) is 2.75. The summed E-state index contributed by atoms with van der Waals surface area (Å²) in [5, 5.41) is 3.45. The van der Waals surface area contributed by atoms with Crippen LogP contribution in [-0.2, 0) is 0 Å². The van der Waals surface area contributed by atoms with E-state index in [4.69, 9.17) is 4.74 Å². The average molecular weight is 222 g/mol. The summed E-state index contributed by atoms with van der Waals surface area (Å²) in [5.41, 5.74) is 0.286. The lowest BCUT2D eigenvalue weighted by atomic mass is 9.88. The third kappa shape index (κ3) is 4.62. The monoisotopic (exact) mass is 222 g/mol. The molecule has 1 rings (SSSR count). The van der Waals surface area contributed by atoms with Crippen LogP contribution in [0.2, 0.25) is 0 Å². The summed E-state index contributed by atoms with van der Waals surface area (Å²) in [7, 11) is 0. The minimum Gasteiger partial charge on any atom is -0.491 e. The molecule has 0 bridgehead atoms. The molecule has 1 atom stereocenters. The van der Waals surface area contributed by atoms with Crippen molar-refractivity contribution >= 4 is 0 Å². The van der Waals surface area contributed by atoms with Crippen LogP contribution in [0.1, 0.15) is 27.7 Å². The third-order valence-corrected chi connectivity index (χ3v) is 2.75. The van der Waals surface area contributed by atoms with Crippen molar-refractivity contribution in [1.82, 2.24) is 10.3 Å². The van der Waals surface area contributed by atoms with Crippen molar-refractivity contribution in [3.8, 4) is 5.75 Å². The molecule has 0 fully saturated rings. The SMILES string of the molecule is C[C@H](NCCOc1cccnc1)C(C)(C)C. The molecule has 1 heterocycles. The topological polar surface area (TPSA) is 34.1 Å². The van der Waals surface area contributed by atoms with Gasteiger partial charge in [-0.15, -0.1) is 0 Å². The van der Waals surface area contributed by atoms with E-state index in [2.05, 4.69) is 38.0 Å². The molecule has 0 unspecified atom stereocenters. The van der Waals surface area contributed by atoms with Crippen molar-refractivity contribution in [3.05, 3.63) is 24.5 Å². The molecule has 0 saturated heterocycles. The lowest BCUT2D eigenvalue weighted by molar-refractivity contribution is 0.254. The highest BCUT2D eigenvalue weighted by Gasteiger charge is 2.18. The number of ether oxygens (including phenoxy) is 1. The lowest BCUT2D eigenvalue weighted by Gasteiger charge is -2.28. The van der Waals surface area contributed by atoms with E-state index in [0.717, 1.165) is 12.3 Å². The summed E-state index contributed by atoms with van der Waals surface area (Å²) < 4.78 is 5.54. The Morgan fingerprint density at radius 2 is 2.19 bits per heavy atom. The van der Waals surface area contributed by atoms with Crippen molar-refractivity contribution in [2.75, 3.05) is 13.2 Å². The van der Waals surface area contributed by atoms with Crippen LogP contribution in [-0.4, -0.2) is 24.2 Å². The summed E-state index contributed by atoms with van der Waals surface area (Å²) in [4.78, 5) is 3.99. The van der Waals surface area contributed by atoms with Crippen molar-refractivity contribution in [2.24, 2.45) is 5.41 Å². The first-order valence-corrected chi connectivity index (χ1v) is 5.76. The number of pyridine rings is 1. The maximum Gasteiger partial charge on any atom is 0.137 e. The molecule has 16 heavy (non-hydrogen) atoms. The van der Waals surface area contributed by atoms with Gasteiger partial charge in [0.1, 0.15) is 12.4 Å². The van der Waals surface area contributed by atoms with Gasteiger partial charge in [-0.25, -0.2) is 0 Å². The number of nitrogens with zero attached hydrogens (tertiary/aromatic N) is 1. The Bertz CT molecular complexity index is 293. The van der Waals surface area contributed by atoms with Gasteiger partial charge in [-0.2, -0.15) is 0 Å². The molecule has 90 valence electrons. The van der Waals surface area contributed by atoms with Gasteiger partial charge in [0.2, 0.25) is 0 Å². The van der Waals surface area contributed by atoms with Gasteiger partial charge in [-0.1, -0.05) is 20.8 Å². The van der Waals surface area contributed by atoms with Gasteiger partial charge in [0.25, 0.3) is 0 Å². The molecule has 0 aliphatic rings. The highest BCUT2D eigenvalue weighted by molar-refractivity contribution is 5.15. The Kier molecular flexibility index (Phi) is 4.74. The highest BCUT2D eigenvalue weighted by Crippen LogP contribution is 2.18. The quantitative estimate of drug-likeness (QED) is 0.777. The molecular weight excluding hydrogens is 200 g/mol. The molecule has 3 nitrogen and oxygen atoms in total. The molecule has 0 aliphatic heterocycles. The van der Waals surface area contributed by atoms with E-state index in [9.17, 15) is 0 Å². The Labute approximate surface area is 98.2 Å². The highest BCUT2D eigenvalue weighted by atomic mass is 16.5. The van der Waals surface area contributed by atoms with Crippen LogP contribution in [0.3, 0.4) is 0 Å². The van der Waals surface area contributed by atoms with Crippen LogP contribution >= 0.6 is 0 Å². The van der Waals surface area contributed by atoms with Crippen LogP contribution in [0, 0.1) is 5.41 Å². The van der Waals surface area contributed by atoms with Crippen molar-refractivity contribution < 1.29 is 4.74 Å². The van der Waals surface area contributed by atoms with Crippen molar-refractivity contribution in [3.63, 3.8) is 0 Å². The van der Waals surface area contributed by atoms with Crippen LogP contribution in [0.5, 0.6) is 5.75 Å². The molecule has 0 radical (unpaired) electrons. The van der Waals surface area contributed by atoms with Crippen LogP contribution in [0.25, 0.3) is 0 Å². The summed E-state index contributed by atoms with van der Waals surface area (Å²) >= 11 is 0. The molecule has 3 heteroatoms. The summed E-state index contributed by atoms with van der Waals surface area (Å²) in [6.45, 7) is 10.4. The first kappa shape index (κ1) is 13.0. The summed E-state index contributed by atoms with van der Waals surface area (Å²) in [6, 6.07) is 4.27. The maximum absolute atomic E-state index is 5.54. The first-order valence-electron chi connectivity index (χ1n) is 5.76. The molecule has 0 aromatic carbocycles. The molecule has 1 aromatic rings. The number of hydrogen-bond acceptors (Lipinski definition) is 3. The standard InChI is InChI=1S/C13H22N2O/c1-11(13(2,3)4)15-8-9-16-12-6-5-7-14-10-12/h5-7,10-11,15H,8-9H2,1-4H3/t11-/m0/s1. The Balaban J connectivity index is 2.18. The van der Waals surface area contributed by atoms with Gasteiger partial charge in [0, 0.05) is 18.8 Å². The normalized spacial score (nSPS) is 13.5. The molecular formula is C13H22N2O. The fraction of sp³-hybridized carbons (Fsp3) is 0.615. The molecule has 0 amide bonds. The van der Waals surface area contributed by atoms with E-state index < -0.39 is 0 Å². The molecule has 0 aliphatic carbocycles. The second kappa shape index (κ2) is 5.85. The molecule has 0 spiro atoms. The van der Waals surface area contributed by atoms with E-state index in [1.807, 2.05) is 12.1 Å². The maximum atomic E-state index is 5.54. The van der Waals surface area contributed by atoms with Crippen molar-refractivity contribution in [1.29, 1.82) is 0 Å². The minimum absolute atomic E-state index is 0.286. The first-order chi connectivity index (χ1) is 7.50. The minimum atomic E-state index is 0.286. The smallest absolute Gasteiger partial charge is 0.137 e. The molecule has 1 N–H and O–H groups in total. The van der Waals surface area contributed by atoms with E-state index in [-0.39, 0.29) is 5.41 Å². The lowest BCUT2D eigenvalue weighted by Crippen LogP contribution is -2.39. The van der Waals surface area contributed by atoms with E-state index in [1.54, 1.807) is 12.4 Å². The van der Waals surface area contributed by atoms with Gasteiger partial charge >= 0.3 is 0 Å². The van der Waals surface area contributed by atoms with Crippen LogP contribution in [0.15, 0.2) is 24.5 Å². The number of nitrogens with one attached hydrogen (secondary N) is 1. The fourth-order valence-electron chi connectivity index (χ4n) is 1.18.